The number of likely N-dealkylation sites (tertiary alicyclic amines) is 1. The molecule has 0 bridgehead atoms. The third-order valence-electron chi connectivity index (χ3n) is 6.93. The molecule has 4 heteroatoms. The van der Waals surface area contributed by atoms with E-state index in [0.29, 0.717) is 6.54 Å². The molecular weight excluding hydrogens is 346 g/mol. The van der Waals surface area contributed by atoms with Crippen LogP contribution in [-0.2, 0) is 36.9 Å². The number of aryl methyl sites for hydroxylation is 2. The van der Waals surface area contributed by atoms with Crippen LogP contribution in [0.2, 0.25) is 0 Å². The van der Waals surface area contributed by atoms with E-state index >= 15 is 0 Å². The van der Waals surface area contributed by atoms with E-state index < -0.39 is 0 Å². The van der Waals surface area contributed by atoms with Gasteiger partial charge in [0, 0.05) is 12.6 Å². The average Bonchev–Trinajstić information content (AvgIpc) is 3.21. The van der Waals surface area contributed by atoms with Crippen molar-refractivity contribution in [1.82, 2.24) is 10.2 Å². The standard InChI is InChI=1S/C24H33N3O/c1-17(26-16-24(28)27-12-6-9-20(27)15-25)13-23-21-10-4-2-7-18(21)14-19-8-3-5-11-22(19)23/h14,17,20,26H,2-13,16H2,1H3. The maximum absolute atomic E-state index is 12.5. The predicted molar refractivity (Wildman–Crippen MR) is 111 cm³/mol. The van der Waals surface area contributed by atoms with Crippen molar-refractivity contribution in [2.75, 3.05) is 13.1 Å². The van der Waals surface area contributed by atoms with Crippen LogP contribution in [0, 0.1) is 11.3 Å². The molecule has 1 amide bonds. The van der Waals surface area contributed by atoms with Crippen molar-refractivity contribution in [3.05, 3.63) is 33.9 Å². The molecule has 0 spiro atoms. The summed E-state index contributed by atoms with van der Waals surface area (Å²) in [6.45, 7) is 3.28. The fourth-order valence-electron chi connectivity index (χ4n) is 5.45. The van der Waals surface area contributed by atoms with Crippen molar-refractivity contribution in [2.45, 2.75) is 89.6 Å². The molecule has 1 saturated heterocycles. The summed E-state index contributed by atoms with van der Waals surface area (Å²) in [4.78, 5) is 14.3. The van der Waals surface area contributed by atoms with Gasteiger partial charge in [-0.05, 0) is 105 Å². The Morgan fingerprint density at radius 2 is 1.79 bits per heavy atom. The van der Waals surface area contributed by atoms with Crippen molar-refractivity contribution in [2.24, 2.45) is 0 Å². The van der Waals surface area contributed by atoms with Crippen LogP contribution < -0.4 is 5.32 Å². The maximum atomic E-state index is 12.5. The third-order valence-corrected chi connectivity index (χ3v) is 6.93. The van der Waals surface area contributed by atoms with Gasteiger partial charge in [0.1, 0.15) is 6.04 Å². The lowest BCUT2D eigenvalue weighted by molar-refractivity contribution is -0.130. The van der Waals surface area contributed by atoms with Crippen molar-refractivity contribution >= 4 is 5.91 Å². The monoisotopic (exact) mass is 379 g/mol. The molecule has 1 aromatic rings. The molecule has 1 fully saturated rings. The van der Waals surface area contributed by atoms with Crippen LogP contribution in [0.25, 0.3) is 0 Å². The summed E-state index contributed by atoms with van der Waals surface area (Å²) in [5.74, 6) is 0.0769. The van der Waals surface area contributed by atoms with E-state index in [4.69, 9.17) is 0 Å². The summed E-state index contributed by atoms with van der Waals surface area (Å²) < 4.78 is 0. The second kappa shape index (κ2) is 8.66. The maximum Gasteiger partial charge on any atom is 0.237 e. The molecule has 1 aliphatic heterocycles. The molecule has 0 radical (unpaired) electrons. The number of carbonyl (C=O) groups excluding carboxylic acids is 1. The van der Waals surface area contributed by atoms with Crippen LogP contribution in [0.5, 0.6) is 0 Å². The molecule has 0 aromatic heterocycles. The Hall–Kier alpha value is -1.86. The lowest BCUT2D eigenvalue weighted by Crippen LogP contribution is -2.43. The molecule has 0 saturated carbocycles. The van der Waals surface area contributed by atoms with E-state index in [9.17, 15) is 10.1 Å². The lowest BCUT2D eigenvalue weighted by Gasteiger charge is -2.29. The van der Waals surface area contributed by atoms with Crippen LogP contribution in [-0.4, -0.2) is 36.0 Å². The minimum absolute atomic E-state index is 0.0769. The molecule has 2 atom stereocenters. The van der Waals surface area contributed by atoms with E-state index in [-0.39, 0.29) is 18.0 Å². The summed E-state index contributed by atoms with van der Waals surface area (Å²) in [6.07, 6.45) is 13.0. The molecule has 2 unspecified atom stereocenters. The number of hydrogen-bond donors (Lipinski definition) is 1. The second-order valence-electron chi connectivity index (χ2n) is 8.91. The zero-order valence-corrected chi connectivity index (χ0v) is 17.2. The van der Waals surface area contributed by atoms with Crippen LogP contribution in [0.1, 0.15) is 73.3 Å². The number of amides is 1. The minimum Gasteiger partial charge on any atom is -0.326 e. The van der Waals surface area contributed by atoms with Gasteiger partial charge in [-0.2, -0.15) is 5.26 Å². The van der Waals surface area contributed by atoms with Gasteiger partial charge in [0.05, 0.1) is 12.6 Å². The molecule has 150 valence electrons. The zero-order valence-electron chi connectivity index (χ0n) is 17.2. The number of rotatable bonds is 5. The Morgan fingerprint density at radius 3 is 2.43 bits per heavy atom. The average molecular weight is 380 g/mol. The van der Waals surface area contributed by atoms with Gasteiger partial charge in [0.25, 0.3) is 0 Å². The second-order valence-corrected chi connectivity index (χ2v) is 8.91. The van der Waals surface area contributed by atoms with E-state index in [2.05, 4.69) is 24.4 Å². The minimum atomic E-state index is -0.224. The Balaban J connectivity index is 1.45. The normalized spacial score (nSPS) is 22.3. The number of nitrogens with zero attached hydrogens (tertiary/aromatic N) is 2. The zero-order chi connectivity index (χ0) is 19.5. The molecular formula is C24H33N3O. The predicted octanol–water partition coefficient (Wildman–Crippen LogP) is 3.48. The number of carbonyl (C=O) groups is 1. The molecule has 4 rings (SSSR count). The largest absolute Gasteiger partial charge is 0.326 e. The van der Waals surface area contributed by atoms with Crippen LogP contribution in [0.15, 0.2) is 6.07 Å². The quantitative estimate of drug-likeness (QED) is 0.852. The van der Waals surface area contributed by atoms with Crippen LogP contribution in [0.4, 0.5) is 0 Å². The highest BCUT2D eigenvalue weighted by Crippen LogP contribution is 2.34. The first kappa shape index (κ1) is 19.5. The molecule has 4 nitrogen and oxygen atoms in total. The van der Waals surface area contributed by atoms with Gasteiger partial charge < -0.3 is 10.2 Å². The summed E-state index contributed by atoms with van der Waals surface area (Å²) in [5, 5.41) is 12.7. The number of benzene rings is 1. The van der Waals surface area contributed by atoms with Crippen molar-refractivity contribution in [3.63, 3.8) is 0 Å². The highest BCUT2D eigenvalue weighted by molar-refractivity contribution is 5.79. The topological polar surface area (TPSA) is 56.1 Å². The SMILES string of the molecule is CC(Cc1c2c(cc3c1CCCC3)CCCC2)NCC(=O)N1CCCC1C#N. The van der Waals surface area contributed by atoms with Gasteiger partial charge in [-0.15, -0.1) is 0 Å². The first-order valence-corrected chi connectivity index (χ1v) is 11.2. The Labute approximate surface area is 169 Å². The van der Waals surface area contributed by atoms with Gasteiger partial charge >= 0.3 is 0 Å². The summed E-state index contributed by atoms with van der Waals surface area (Å²) in [7, 11) is 0. The van der Waals surface area contributed by atoms with Crippen molar-refractivity contribution in [1.29, 1.82) is 5.26 Å². The van der Waals surface area contributed by atoms with Gasteiger partial charge in [-0.1, -0.05) is 6.07 Å². The van der Waals surface area contributed by atoms with Crippen molar-refractivity contribution in [3.8, 4) is 6.07 Å². The van der Waals surface area contributed by atoms with Gasteiger partial charge in [-0.25, -0.2) is 0 Å². The molecule has 3 aliphatic rings. The number of nitrogens with one attached hydrogen (secondary N) is 1. The lowest BCUT2D eigenvalue weighted by atomic mass is 9.78. The fraction of sp³-hybridized carbons (Fsp3) is 0.667. The van der Waals surface area contributed by atoms with E-state index in [0.717, 1.165) is 25.8 Å². The number of hydrogen-bond acceptors (Lipinski definition) is 3. The molecule has 1 heterocycles. The molecule has 2 aliphatic carbocycles. The Kier molecular flexibility index (Phi) is 6.01. The van der Waals surface area contributed by atoms with Crippen LogP contribution >= 0.6 is 0 Å². The fourth-order valence-corrected chi connectivity index (χ4v) is 5.45. The Morgan fingerprint density at radius 1 is 1.14 bits per heavy atom. The highest BCUT2D eigenvalue weighted by Gasteiger charge is 2.28. The van der Waals surface area contributed by atoms with E-state index in [1.165, 1.54) is 51.4 Å². The van der Waals surface area contributed by atoms with E-state index in [1.54, 1.807) is 32.7 Å². The first-order valence-electron chi connectivity index (χ1n) is 11.2. The molecule has 1 aromatic carbocycles. The van der Waals surface area contributed by atoms with Crippen LogP contribution in [0.3, 0.4) is 0 Å². The Bertz CT molecular complexity index is 745. The summed E-state index contributed by atoms with van der Waals surface area (Å²) in [6, 6.07) is 4.83. The van der Waals surface area contributed by atoms with E-state index in [1.807, 2.05) is 0 Å². The molecule has 1 N–H and O–H groups in total. The summed E-state index contributed by atoms with van der Waals surface area (Å²) in [5.41, 5.74) is 8.03. The van der Waals surface area contributed by atoms with Crippen molar-refractivity contribution < 1.29 is 4.79 Å². The van der Waals surface area contributed by atoms with Gasteiger partial charge in [0.15, 0.2) is 0 Å². The summed E-state index contributed by atoms with van der Waals surface area (Å²) >= 11 is 0. The third kappa shape index (κ3) is 3.96. The smallest absolute Gasteiger partial charge is 0.237 e. The highest BCUT2D eigenvalue weighted by atomic mass is 16.2. The van der Waals surface area contributed by atoms with Gasteiger partial charge in [-0.3, -0.25) is 4.79 Å². The molecule has 28 heavy (non-hydrogen) atoms. The number of nitriles is 1. The first-order chi connectivity index (χ1) is 13.7. The number of fused-ring (bicyclic) bond motifs is 2. The van der Waals surface area contributed by atoms with Gasteiger partial charge in [0.2, 0.25) is 5.91 Å².